The van der Waals surface area contributed by atoms with Gasteiger partial charge in [0.2, 0.25) is 0 Å². The molecule has 0 fully saturated rings. The van der Waals surface area contributed by atoms with Crippen LogP contribution >= 0.6 is 0 Å². The third-order valence-corrected chi connectivity index (χ3v) is 5.51. The molecule has 4 heteroatoms. The van der Waals surface area contributed by atoms with Crippen molar-refractivity contribution in [3.8, 4) is 5.75 Å². The predicted octanol–water partition coefficient (Wildman–Crippen LogP) is 6.50. The second-order valence-corrected chi connectivity index (χ2v) is 7.93. The fourth-order valence-electron chi connectivity index (χ4n) is 3.80. The standard InChI is InChI=1S/C25H32FNO2/c1-2-3-4-5-6-7-8-9-16-29-23-14-10-20(11-15-23)18-27-19-21-12-13-22(26)17-24(21)25(27)28/h10-15,17H,2-9,16,18-19H2,1H3. The molecule has 0 atom stereocenters. The summed E-state index contributed by atoms with van der Waals surface area (Å²) in [6, 6.07) is 12.4. The van der Waals surface area contributed by atoms with Crippen LogP contribution < -0.4 is 4.74 Å². The molecule has 1 heterocycles. The molecular weight excluding hydrogens is 365 g/mol. The number of fused-ring (bicyclic) bond motifs is 1. The van der Waals surface area contributed by atoms with Crippen LogP contribution in [-0.2, 0) is 13.1 Å². The van der Waals surface area contributed by atoms with Gasteiger partial charge >= 0.3 is 0 Å². The van der Waals surface area contributed by atoms with Gasteiger partial charge in [0.05, 0.1) is 6.61 Å². The Morgan fingerprint density at radius 1 is 0.931 bits per heavy atom. The minimum absolute atomic E-state index is 0.102. The second kappa shape index (κ2) is 11.0. The van der Waals surface area contributed by atoms with E-state index in [9.17, 15) is 9.18 Å². The summed E-state index contributed by atoms with van der Waals surface area (Å²) in [6.07, 6.45) is 10.3. The first-order valence-electron chi connectivity index (χ1n) is 11.0. The molecule has 0 aliphatic carbocycles. The summed E-state index contributed by atoms with van der Waals surface area (Å²) in [7, 11) is 0. The highest BCUT2D eigenvalue weighted by Crippen LogP contribution is 2.25. The number of halogens is 1. The van der Waals surface area contributed by atoms with E-state index in [1.807, 2.05) is 24.3 Å². The third-order valence-electron chi connectivity index (χ3n) is 5.51. The van der Waals surface area contributed by atoms with Crippen LogP contribution in [-0.4, -0.2) is 17.4 Å². The van der Waals surface area contributed by atoms with Gasteiger partial charge in [-0.15, -0.1) is 0 Å². The minimum Gasteiger partial charge on any atom is -0.494 e. The Hall–Kier alpha value is -2.36. The molecule has 0 spiro atoms. The van der Waals surface area contributed by atoms with Crippen LogP contribution in [0.5, 0.6) is 5.75 Å². The number of hydrogen-bond acceptors (Lipinski definition) is 2. The molecule has 29 heavy (non-hydrogen) atoms. The number of carbonyl (C=O) groups is 1. The maximum Gasteiger partial charge on any atom is 0.254 e. The Morgan fingerprint density at radius 2 is 1.62 bits per heavy atom. The molecule has 2 aromatic rings. The van der Waals surface area contributed by atoms with Crippen molar-refractivity contribution >= 4 is 5.91 Å². The highest BCUT2D eigenvalue weighted by Gasteiger charge is 2.27. The van der Waals surface area contributed by atoms with Crippen LogP contribution in [0, 0.1) is 5.82 Å². The molecule has 0 N–H and O–H groups in total. The molecule has 2 aromatic carbocycles. The van der Waals surface area contributed by atoms with Gasteiger partial charge in [0.15, 0.2) is 0 Å². The summed E-state index contributed by atoms with van der Waals surface area (Å²) in [6.45, 7) is 4.05. The van der Waals surface area contributed by atoms with E-state index >= 15 is 0 Å². The van der Waals surface area contributed by atoms with Crippen LogP contribution in [0.25, 0.3) is 0 Å². The zero-order chi connectivity index (χ0) is 20.5. The first-order valence-corrected chi connectivity index (χ1v) is 11.0. The maximum atomic E-state index is 13.4. The monoisotopic (exact) mass is 397 g/mol. The number of rotatable bonds is 12. The molecule has 3 nitrogen and oxygen atoms in total. The summed E-state index contributed by atoms with van der Waals surface area (Å²) >= 11 is 0. The van der Waals surface area contributed by atoms with Gasteiger partial charge < -0.3 is 9.64 Å². The molecule has 1 aliphatic heterocycles. The number of unbranched alkanes of at least 4 members (excludes halogenated alkanes) is 7. The van der Waals surface area contributed by atoms with Crippen molar-refractivity contribution in [3.05, 3.63) is 65.0 Å². The molecule has 1 aliphatic rings. The highest BCUT2D eigenvalue weighted by atomic mass is 19.1. The number of benzene rings is 2. The SMILES string of the molecule is CCCCCCCCCCOc1ccc(CN2Cc3ccc(F)cc3C2=O)cc1. The van der Waals surface area contributed by atoms with Crippen molar-refractivity contribution in [2.24, 2.45) is 0 Å². The number of amides is 1. The molecule has 0 unspecified atom stereocenters. The van der Waals surface area contributed by atoms with Crippen molar-refractivity contribution in [1.82, 2.24) is 4.90 Å². The lowest BCUT2D eigenvalue weighted by atomic mass is 10.1. The van der Waals surface area contributed by atoms with Crippen molar-refractivity contribution in [2.75, 3.05) is 6.61 Å². The van der Waals surface area contributed by atoms with Gasteiger partial charge in [0.25, 0.3) is 5.91 Å². The summed E-state index contributed by atoms with van der Waals surface area (Å²) < 4.78 is 19.2. The van der Waals surface area contributed by atoms with Gasteiger partial charge in [-0.2, -0.15) is 0 Å². The maximum absolute atomic E-state index is 13.4. The molecule has 156 valence electrons. The molecule has 0 radical (unpaired) electrons. The molecule has 0 saturated heterocycles. The first-order chi connectivity index (χ1) is 14.2. The summed E-state index contributed by atoms with van der Waals surface area (Å²) in [5.74, 6) is 0.404. The van der Waals surface area contributed by atoms with Gasteiger partial charge in [-0.3, -0.25) is 4.79 Å². The average molecular weight is 398 g/mol. The smallest absolute Gasteiger partial charge is 0.254 e. The van der Waals surface area contributed by atoms with Crippen LogP contribution in [0.1, 0.15) is 79.8 Å². The zero-order valence-corrected chi connectivity index (χ0v) is 17.5. The average Bonchev–Trinajstić information content (AvgIpc) is 3.03. The van der Waals surface area contributed by atoms with Gasteiger partial charge in [-0.25, -0.2) is 4.39 Å². The van der Waals surface area contributed by atoms with E-state index in [0.29, 0.717) is 18.7 Å². The van der Waals surface area contributed by atoms with Crippen molar-refractivity contribution < 1.29 is 13.9 Å². The topological polar surface area (TPSA) is 29.5 Å². The molecule has 0 bridgehead atoms. The summed E-state index contributed by atoms with van der Waals surface area (Å²) in [5, 5.41) is 0. The number of nitrogens with zero attached hydrogens (tertiary/aromatic N) is 1. The normalized spacial score (nSPS) is 13.0. The lowest BCUT2D eigenvalue weighted by Gasteiger charge is -2.16. The highest BCUT2D eigenvalue weighted by molar-refractivity contribution is 5.98. The lowest BCUT2D eigenvalue weighted by Crippen LogP contribution is -2.23. The summed E-state index contributed by atoms with van der Waals surface area (Å²) in [4.78, 5) is 14.2. The van der Waals surface area contributed by atoms with Crippen LogP contribution in [0.2, 0.25) is 0 Å². The van der Waals surface area contributed by atoms with Gasteiger partial charge in [-0.1, -0.05) is 70.1 Å². The third kappa shape index (κ3) is 6.31. The van der Waals surface area contributed by atoms with Crippen LogP contribution in [0.4, 0.5) is 4.39 Å². The van der Waals surface area contributed by atoms with E-state index < -0.39 is 0 Å². The molecule has 0 saturated carbocycles. The Morgan fingerprint density at radius 3 is 2.34 bits per heavy atom. The fourth-order valence-corrected chi connectivity index (χ4v) is 3.80. The Bertz CT molecular complexity index is 788. The predicted molar refractivity (Wildman–Crippen MR) is 115 cm³/mol. The van der Waals surface area contributed by atoms with Gasteiger partial charge in [0, 0.05) is 18.7 Å². The molecule has 1 amide bonds. The van der Waals surface area contributed by atoms with Gasteiger partial charge in [0.1, 0.15) is 11.6 Å². The zero-order valence-electron chi connectivity index (χ0n) is 17.5. The summed E-state index contributed by atoms with van der Waals surface area (Å²) in [5.41, 5.74) is 2.42. The number of ether oxygens (including phenoxy) is 1. The van der Waals surface area contributed by atoms with Crippen LogP contribution in [0.3, 0.4) is 0 Å². The van der Waals surface area contributed by atoms with Crippen molar-refractivity contribution in [2.45, 2.75) is 71.4 Å². The Kier molecular flexibility index (Phi) is 8.09. The number of carbonyl (C=O) groups excluding carboxylic acids is 1. The first kappa shape index (κ1) is 21.4. The lowest BCUT2D eigenvalue weighted by molar-refractivity contribution is 0.0766. The second-order valence-electron chi connectivity index (χ2n) is 7.93. The quantitative estimate of drug-likeness (QED) is 0.383. The van der Waals surface area contributed by atoms with E-state index in [4.69, 9.17) is 4.74 Å². The largest absolute Gasteiger partial charge is 0.494 e. The van der Waals surface area contributed by atoms with Gasteiger partial charge in [-0.05, 0) is 41.8 Å². The van der Waals surface area contributed by atoms with E-state index in [2.05, 4.69) is 6.92 Å². The van der Waals surface area contributed by atoms with Crippen LogP contribution in [0.15, 0.2) is 42.5 Å². The fraction of sp³-hybridized carbons (Fsp3) is 0.480. The Labute approximate surface area is 173 Å². The molecule has 3 rings (SSSR count). The van der Waals surface area contributed by atoms with Crippen molar-refractivity contribution in [1.29, 1.82) is 0 Å². The van der Waals surface area contributed by atoms with Crippen molar-refractivity contribution in [3.63, 3.8) is 0 Å². The van der Waals surface area contributed by atoms with E-state index in [1.165, 1.54) is 57.1 Å². The number of hydrogen-bond donors (Lipinski definition) is 0. The van der Waals surface area contributed by atoms with E-state index in [-0.39, 0.29) is 11.7 Å². The molecule has 0 aromatic heterocycles. The van der Waals surface area contributed by atoms with E-state index in [1.54, 1.807) is 11.0 Å². The van der Waals surface area contributed by atoms with E-state index in [0.717, 1.165) is 29.9 Å². The molecular formula is C25H32FNO2. The minimum atomic E-state index is -0.364. The Balaban J connectivity index is 1.36.